The lowest BCUT2D eigenvalue weighted by Gasteiger charge is -2.22. The number of nitrogens with zero attached hydrogens (tertiary/aromatic N) is 2. The van der Waals surface area contributed by atoms with Crippen molar-refractivity contribution < 1.29 is 14.4 Å². The van der Waals surface area contributed by atoms with Gasteiger partial charge in [-0.25, -0.2) is 4.79 Å². The van der Waals surface area contributed by atoms with Gasteiger partial charge in [-0.1, -0.05) is 19.9 Å². The van der Waals surface area contributed by atoms with Crippen molar-refractivity contribution in [3.05, 3.63) is 29.8 Å². The Balaban J connectivity index is 2.01. The van der Waals surface area contributed by atoms with Gasteiger partial charge in [-0.15, -0.1) is 0 Å². The molecule has 0 radical (unpaired) electrons. The van der Waals surface area contributed by atoms with E-state index in [9.17, 15) is 14.4 Å². The SMILES string of the molecule is CC(C)CC[C@]1(C)NC(=O)N(CC(=O)Nc2cccc(C#N)c2)C1=O. The van der Waals surface area contributed by atoms with Crippen LogP contribution in [0, 0.1) is 17.2 Å². The fourth-order valence-electron chi connectivity index (χ4n) is 2.65. The maximum Gasteiger partial charge on any atom is 0.325 e. The van der Waals surface area contributed by atoms with Crippen LogP contribution < -0.4 is 10.6 Å². The summed E-state index contributed by atoms with van der Waals surface area (Å²) in [6, 6.07) is 7.85. The van der Waals surface area contributed by atoms with E-state index in [4.69, 9.17) is 5.26 Å². The summed E-state index contributed by atoms with van der Waals surface area (Å²) in [5.41, 5.74) is -0.116. The van der Waals surface area contributed by atoms with E-state index in [1.54, 1.807) is 25.1 Å². The number of hydrogen-bond donors (Lipinski definition) is 2. The number of amides is 4. The van der Waals surface area contributed by atoms with Crippen LogP contribution >= 0.6 is 0 Å². The molecule has 4 amide bonds. The highest BCUT2D eigenvalue weighted by molar-refractivity contribution is 6.09. The summed E-state index contributed by atoms with van der Waals surface area (Å²) >= 11 is 0. The Morgan fingerprint density at radius 2 is 2.12 bits per heavy atom. The second kappa shape index (κ2) is 7.34. The molecule has 2 rings (SSSR count). The van der Waals surface area contributed by atoms with E-state index < -0.39 is 17.5 Å². The molecule has 1 saturated heterocycles. The molecule has 1 fully saturated rings. The van der Waals surface area contributed by atoms with Gasteiger partial charge in [0.05, 0.1) is 11.6 Å². The third-order valence-electron chi connectivity index (χ3n) is 4.14. The van der Waals surface area contributed by atoms with Gasteiger partial charge in [0.2, 0.25) is 5.91 Å². The first-order valence-corrected chi connectivity index (χ1v) is 8.19. The van der Waals surface area contributed by atoms with Gasteiger partial charge in [-0.3, -0.25) is 14.5 Å². The van der Waals surface area contributed by atoms with Crippen LogP contribution in [-0.2, 0) is 9.59 Å². The Hall–Kier alpha value is -2.88. The largest absolute Gasteiger partial charge is 0.325 e. The summed E-state index contributed by atoms with van der Waals surface area (Å²) in [5.74, 6) is -0.475. The fraction of sp³-hybridized carbons (Fsp3) is 0.444. The van der Waals surface area contributed by atoms with Crippen LogP contribution in [0.3, 0.4) is 0 Å². The highest BCUT2D eigenvalue weighted by atomic mass is 16.2. The molecule has 2 N–H and O–H groups in total. The number of nitrogens with one attached hydrogen (secondary N) is 2. The van der Waals surface area contributed by atoms with Crippen LogP contribution in [0.15, 0.2) is 24.3 Å². The van der Waals surface area contributed by atoms with Crippen molar-refractivity contribution in [1.29, 1.82) is 5.26 Å². The minimum absolute atomic E-state index is 0.362. The van der Waals surface area contributed by atoms with E-state index in [0.717, 1.165) is 11.3 Å². The van der Waals surface area contributed by atoms with Gasteiger partial charge in [0.1, 0.15) is 12.1 Å². The van der Waals surface area contributed by atoms with E-state index in [-0.39, 0.29) is 12.5 Å². The van der Waals surface area contributed by atoms with E-state index in [1.165, 1.54) is 6.07 Å². The molecule has 1 aromatic carbocycles. The lowest BCUT2D eigenvalue weighted by atomic mass is 9.92. The Morgan fingerprint density at radius 1 is 1.40 bits per heavy atom. The quantitative estimate of drug-likeness (QED) is 0.774. The molecule has 0 spiro atoms. The number of hydrogen-bond acceptors (Lipinski definition) is 4. The number of carbonyl (C=O) groups excluding carboxylic acids is 3. The average molecular weight is 342 g/mol. The summed E-state index contributed by atoms with van der Waals surface area (Å²) in [6.07, 6.45) is 1.32. The zero-order chi connectivity index (χ0) is 18.6. The first-order valence-electron chi connectivity index (χ1n) is 8.19. The first-order chi connectivity index (χ1) is 11.7. The number of anilines is 1. The summed E-state index contributed by atoms with van der Waals surface area (Å²) in [6.45, 7) is 5.42. The van der Waals surface area contributed by atoms with Crippen LogP contribution in [-0.4, -0.2) is 34.8 Å². The van der Waals surface area contributed by atoms with Crippen molar-refractivity contribution in [3.8, 4) is 6.07 Å². The van der Waals surface area contributed by atoms with Crippen molar-refractivity contribution in [2.24, 2.45) is 5.92 Å². The van der Waals surface area contributed by atoms with Gasteiger partial charge >= 0.3 is 6.03 Å². The molecule has 0 saturated carbocycles. The maximum atomic E-state index is 12.6. The van der Waals surface area contributed by atoms with Crippen molar-refractivity contribution in [1.82, 2.24) is 10.2 Å². The Bertz CT molecular complexity index is 738. The smallest absolute Gasteiger partial charge is 0.324 e. The molecule has 0 aliphatic carbocycles. The molecule has 7 nitrogen and oxygen atoms in total. The van der Waals surface area contributed by atoms with E-state index in [0.29, 0.717) is 23.6 Å². The zero-order valence-corrected chi connectivity index (χ0v) is 14.6. The van der Waals surface area contributed by atoms with Crippen LogP contribution in [0.5, 0.6) is 0 Å². The van der Waals surface area contributed by atoms with Crippen molar-refractivity contribution in [2.45, 2.75) is 39.2 Å². The minimum atomic E-state index is -0.970. The van der Waals surface area contributed by atoms with E-state index in [2.05, 4.69) is 10.6 Å². The van der Waals surface area contributed by atoms with Crippen LogP contribution in [0.2, 0.25) is 0 Å². The third-order valence-corrected chi connectivity index (χ3v) is 4.14. The number of nitriles is 1. The highest BCUT2D eigenvalue weighted by Crippen LogP contribution is 2.24. The molecule has 0 bridgehead atoms. The van der Waals surface area contributed by atoms with Gasteiger partial charge in [-0.2, -0.15) is 5.26 Å². The second-order valence-corrected chi connectivity index (χ2v) is 6.83. The lowest BCUT2D eigenvalue weighted by molar-refractivity contribution is -0.133. The molecule has 1 aliphatic heterocycles. The molecule has 25 heavy (non-hydrogen) atoms. The topological polar surface area (TPSA) is 102 Å². The molecule has 0 unspecified atom stereocenters. The summed E-state index contributed by atoms with van der Waals surface area (Å²) < 4.78 is 0. The predicted molar refractivity (Wildman–Crippen MR) is 92.5 cm³/mol. The molecular weight excluding hydrogens is 320 g/mol. The minimum Gasteiger partial charge on any atom is -0.324 e. The Morgan fingerprint density at radius 3 is 2.76 bits per heavy atom. The number of benzene rings is 1. The summed E-state index contributed by atoms with van der Waals surface area (Å²) in [7, 11) is 0. The fourth-order valence-corrected chi connectivity index (χ4v) is 2.65. The number of rotatable bonds is 6. The standard InChI is InChI=1S/C18H22N4O3/c1-12(2)7-8-18(3)16(24)22(17(25)21-18)11-15(23)20-14-6-4-5-13(9-14)10-19/h4-6,9,12H,7-8,11H2,1-3H3,(H,20,23)(H,21,25)/t18-/m0/s1. The van der Waals surface area contributed by atoms with Crippen molar-refractivity contribution >= 4 is 23.5 Å². The van der Waals surface area contributed by atoms with Gasteiger partial charge in [-0.05, 0) is 43.9 Å². The van der Waals surface area contributed by atoms with Crippen molar-refractivity contribution in [3.63, 3.8) is 0 Å². The Kier molecular flexibility index (Phi) is 5.42. The zero-order valence-electron chi connectivity index (χ0n) is 14.6. The van der Waals surface area contributed by atoms with Crippen molar-refractivity contribution in [2.75, 3.05) is 11.9 Å². The molecule has 132 valence electrons. The molecule has 1 aliphatic rings. The highest BCUT2D eigenvalue weighted by Gasteiger charge is 2.47. The number of imide groups is 1. The Labute approximate surface area is 147 Å². The van der Waals surface area contributed by atoms with Gasteiger partial charge in [0.25, 0.3) is 5.91 Å². The summed E-state index contributed by atoms with van der Waals surface area (Å²) in [4.78, 5) is 37.8. The molecule has 1 heterocycles. The number of carbonyl (C=O) groups is 3. The maximum absolute atomic E-state index is 12.6. The van der Waals surface area contributed by atoms with Gasteiger partial charge in [0.15, 0.2) is 0 Å². The second-order valence-electron chi connectivity index (χ2n) is 6.83. The normalized spacial score (nSPS) is 19.7. The van der Waals surface area contributed by atoms with E-state index >= 15 is 0 Å². The third kappa shape index (κ3) is 4.35. The van der Waals surface area contributed by atoms with Crippen LogP contribution in [0.4, 0.5) is 10.5 Å². The molecular formula is C18H22N4O3. The monoisotopic (exact) mass is 342 g/mol. The summed E-state index contributed by atoms with van der Waals surface area (Å²) in [5, 5.41) is 14.2. The van der Waals surface area contributed by atoms with Crippen LogP contribution in [0.1, 0.15) is 39.2 Å². The molecule has 1 atom stereocenters. The predicted octanol–water partition coefficient (Wildman–Crippen LogP) is 2.24. The molecule has 0 aromatic heterocycles. The average Bonchev–Trinajstić information content (AvgIpc) is 2.77. The van der Waals surface area contributed by atoms with E-state index in [1.807, 2.05) is 19.9 Å². The van der Waals surface area contributed by atoms with Crippen LogP contribution in [0.25, 0.3) is 0 Å². The molecule has 1 aromatic rings. The lowest BCUT2D eigenvalue weighted by Crippen LogP contribution is -2.44. The van der Waals surface area contributed by atoms with Gasteiger partial charge in [0, 0.05) is 5.69 Å². The number of urea groups is 1. The first kappa shape index (κ1) is 18.5. The van der Waals surface area contributed by atoms with Gasteiger partial charge < -0.3 is 10.6 Å². The molecule has 7 heteroatoms.